The largest absolute Gasteiger partial charge is 0.502 e. The number of nitrogens with one attached hydrogen (secondary N) is 1. The minimum atomic E-state index is -0.0359. The van der Waals surface area contributed by atoms with Crippen LogP contribution in [0, 0.1) is 0 Å². The lowest BCUT2D eigenvalue weighted by molar-refractivity contribution is 0.340. The third kappa shape index (κ3) is 1.96. The topological polar surface area (TPSA) is 93.4 Å². The molecule has 1 heterocycles. The van der Waals surface area contributed by atoms with Gasteiger partial charge in [-0.05, 0) is 12.1 Å². The summed E-state index contributed by atoms with van der Waals surface area (Å²) in [5.74, 6) is 1.01. The number of hydrogen-bond acceptors (Lipinski definition) is 5. The Kier molecular flexibility index (Phi) is 2.78. The van der Waals surface area contributed by atoms with Gasteiger partial charge in [-0.1, -0.05) is 0 Å². The summed E-state index contributed by atoms with van der Waals surface area (Å²) in [7, 11) is 2.94. The zero-order chi connectivity index (χ0) is 12.4. The molecule has 0 saturated carbocycles. The molecule has 90 valence electrons. The van der Waals surface area contributed by atoms with E-state index in [1.54, 1.807) is 18.2 Å². The molecule has 6 nitrogen and oxygen atoms in total. The summed E-state index contributed by atoms with van der Waals surface area (Å²) in [6.45, 7) is 0. The molecular formula is C11H13N3O3. The van der Waals surface area contributed by atoms with Crippen molar-refractivity contribution in [3.63, 3.8) is 0 Å². The van der Waals surface area contributed by atoms with Crippen molar-refractivity contribution >= 4 is 5.82 Å². The number of aromatic hydroxyl groups is 1. The zero-order valence-corrected chi connectivity index (χ0v) is 9.52. The number of aromatic amines is 1. The van der Waals surface area contributed by atoms with Gasteiger partial charge in [-0.3, -0.25) is 5.10 Å². The molecule has 0 spiro atoms. The molecule has 0 amide bonds. The van der Waals surface area contributed by atoms with Crippen LogP contribution in [0.2, 0.25) is 0 Å². The molecule has 0 atom stereocenters. The lowest BCUT2D eigenvalue weighted by Crippen LogP contribution is -1.90. The van der Waals surface area contributed by atoms with Crippen molar-refractivity contribution in [1.29, 1.82) is 0 Å². The van der Waals surface area contributed by atoms with Gasteiger partial charge < -0.3 is 20.3 Å². The molecule has 0 fully saturated rings. The van der Waals surface area contributed by atoms with Crippen LogP contribution in [-0.2, 0) is 0 Å². The van der Waals surface area contributed by atoms with Crippen molar-refractivity contribution in [3.8, 4) is 28.5 Å². The summed E-state index contributed by atoms with van der Waals surface area (Å²) < 4.78 is 10.1. The minimum absolute atomic E-state index is 0.0359. The highest BCUT2D eigenvalue weighted by molar-refractivity contribution is 5.69. The van der Waals surface area contributed by atoms with E-state index in [2.05, 4.69) is 10.2 Å². The molecule has 2 aromatic rings. The first-order valence-electron chi connectivity index (χ1n) is 4.92. The van der Waals surface area contributed by atoms with E-state index in [1.165, 1.54) is 14.2 Å². The van der Waals surface area contributed by atoms with Gasteiger partial charge in [0.2, 0.25) is 5.75 Å². The van der Waals surface area contributed by atoms with Gasteiger partial charge in [-0.2, -0.15) is 5.10 Å². The molecule has 4 N–H and O–H groups in total. The number of hydrogen-bond donors (Lipinski definition) is 3. The molecule has 0 aliphatic heterocycles. The number of benzene rings is 1. The highest BCUT2D eigenvalue weighted by Crippen LogP contribution is 2.39. The molecule has 6 heteroatoms. The summed E-state index contributed by atoms with van der Waals surface area (Å²) in [4.78, 5) is 0. The van der Waals surface area contributed by atoms with Crippen LogP contribution >= 0.6 is 0 Å². The van der Waals surface area contributed by atoms with Crippen molar-refractivity contribution in [1.82, 2.24) is 10.2 Å². The number of nitrogens with zero attached hydrogens (tertiary/aromatic N) is 1. The number of aromatic nitrogens is 2. The second kappa shape index (κ2) is 4.25. The van der Waals surface area contributed by atoms with E-state index >= 15 is 0 Å². The van der Waals surface area contributed by atoms with Gasteiger partial charge in [-0.25, -0.2) is 0 Å². The van der Waals surface area contributed by atoms with Crippen molar-refractivity contribution in [2.45, 2.75) is 0 Å². The Morgan fingerprint density at radius 1 is 1.18 bits per heavy atom. The molecule has 1 aromatic carbocycles. The normalized spacial score (nSPS) is 10.2. The molecule has 0 saturated heterocycles. The van der Waals surface area contributed by atoms with E-state index in [0.29, 0.717) is 17.3 Å². The standard InChI is InChI=1S/C11H13N3O3/c1-16-8-3-6(4-9(17-2)11(8)15)7-5-10(12)14-13-7/h3-5,15H,1-2H3,(H3,12,13,14). The maximum absolute atomic E-state index is 9.76. The lowest BCUT2D eigenvalue weighted by Gasteiger charge is -2.10. The van der Waals surface area contributed by atoms with Crippen molar-refractivity contribution in [3.05, 3.63) is 18.2 Å². The summed E-state index contributed by atoms with van der Waals surface area (Å²) >= 11 is 0. The Labute approximate surface area is 98.0 Å². The van der Waals surface area contributed by atoms with Gasteiger partial charge in [-0.15, -0.1) is 0 Å². The fourth-order valence-corrected chi connectivity index (χ4v) is 1.53. The first-order valence-corrected chi connectivity index (χ1v) is 4.92. The molecule has 0 aliphatic rings. The van der Waals surface area contributed by atoms with Crippen LogP contribution in [0.15, 0.2) is 18.2 Å². The van der Waals surface area contributed by atoms with Crippen molar-refractivity contribution in [2.75, 3.05) is 20.0 Å². The van der Waals surface area contributed by atoms with Crippen molar-refractivity contribution in [2.24, 2.45) is 0 Å². The predicted octanol–water partition coefficient (Wildman–Crippen LogP) is 1.38. The van der Waals surface area contributed by atoms with Gasteiger partial charge in [0.15, 0.2) is 11.5 Å². The predicted molar refractivity (Wildman–Crippen MR) is 63.2 cm³/mol. The van der Waals surface area contributed by atoms with E-state index < -0.39 is 0 Å². The highest BCUT2D eigenvalue weighted by atomic mass is 16.5. The first kappa shape index (κ1) is 11.1. The fraction of sp³-hybridized carbons (Fsp3) is 0.182. The number of rotatable bonds is 3. The third-order valence-corrected chi connectivity index (χ3v) is 2.39. The van der Waals surface area contributed by atoms with Gasteiger partial charge >= 0.3 is 0 Å². The number of methoxy groups -OCH3 is 2. The Balaban J connectivity index is 2.55. The monoisotopic (exact) mass is 235 g/mol. The third-order valence-electron chi connectivity index (χ3n) is 2.39. The van der Waals surface area contributed by atoms with Crippen LogP contribution in [0.1, 0.15) is 0 Å². The smallest absolute Gasteiger partial charge is 0.200 e. The quantitative estimate of drug-likeness (QED) is 0.747. The summed E-state index contributed by atoms with van der Waals surface area (Å²) in [5.41, 5.74) is 7.02. The van der Waals surface area contributed by atoms with E-state index in [0.717, 1.165) is 11.3 Å². The van der Waals surface area contributed by atoms with Gasteiger partial charge in [0.25, 0.3) is 0 Å². The van der Waals surface area contributed by atoms with Gasteiger partial charge in [0.1, 0.15) is 5.82 Å². The summed E-state index contributed by atoms with van der Waals surface area (Å²) in [5, 5.41) is 16.4. The van der Waals surface area contributed by atoms with Gasteiger partial charge in [0, 0.05) is 11.6 Å². The van der Waals surface area contributed by atoms with Crippen LogP contribution < -0.4 is 15.2 Å². The summed E-state index contributed by atoms with van der Waals surface area (Å²) in [6.07, 6.45) is 0. The Morgan fingerprint density at radius 2 is 1.76 bits per heavy atom. The molecule has 0 radical (unpaired) electrons. The minimum Gasteiger partial charge on any atom is -0.502 e. The maximum atomic E-state index is 9.76. The van der Waals surface area contributed by atoms with Crippen LogP contribution in [0.4, 0.5) is 5.82 Å². The molecule has 0 unspecified atom stereocenters. The number of H-pyrrole nitrogens is 1. The number of phenols is 1. The number of nitrogen functional groups attached to an aromatic ring is 1. The second-order valence-corrected chi connectivity index (χ2v) is 3.44. The van der Waals surface area contributed by atoms with Crippen LogP contribution in [0.25, 0.3) is 11.3 Å². The number of nitrogens with two attached hydrogens (primary N) is 1. The average Bonchev–Trinajstić information content (AvgIpc) is 2.76. The molecule has 1 aromatic heterocycles. The maximum Gasteiger partial charge on any atom is 0.200 e. The Hall–Kier alpha value is -2.37. The molecule has 17 heavy (non-hydrogen) atoms. The SMILES string of the molecule is COc1cc(-c2cc(N)n[nH]2)cc(OC)c1O. The number of phenolic OH excluding ortho intramolecular Hbond substituents is 1. The van der Waals surface area contributed by atoms with Crippen LogP contribution in [0.5, 0.6) is 17.2 Å². The van der Waals surface area contributed by atoms with E-state index in [4.69, 9.17) is 15.2 Å². The summed E-state index contributed by atoms with van der Waals surface area (Å²) in [6, 6.07) is 5.03. The van der Waals surface area contributed by atoms with E-state index in [9.17, 15) is 5.11 Å². The molecule has 2 rings (SSSR count). The van der Waals surface area contributed by atoms with Gasteiger partial charge in [0.05, 0.1) is 19.9 Å². The van der Waals surface area contributed by atoms with E-state index in [1.807, 2.05) is 0 Å². The fourth-order valence-electron chi connectivity index (χ4n) is 1.53. The highest BCUT2D eigenvalue weighted by Gasteiger charge is 2.13. The molecule has 0 aliphatic carbocycles. The molecular weight excluding hydrogens is 222 g/mol. The first-order chi connectivity index (χ1) is 8.15. The second-order valence-electron chi connectivity index (χ2n) is 3.44. The Bertz CT molecular complexity index is 512. The van der Waals surface area contributed by atoms with Crippen molar-refractivity contribution < 1.29 is 14.6 Å². The van der Waals surface area contributed by atoms with Crippen LogP contribution in [0.3, 0.4) is 0 Å². The van der Waals surface area contributed by atoms with Crippen LogP contribution in [-0.4, -0.2) is 29.5 Å². The van der Waals surface area contributed by atoms with E-state index in [-0.39, 0.29) is 5.75 Å². The average molecular weight is 235 g/mol. The molecule has 0 bridgehead atoms. The Morgan fingerprint density at radius 3 is 2.18 bits per heavy atom. The number of ether oxygens (including phenoxy) is 2. The lowest BCUT2D eigenvalue weighted by atomic mass is 10.1. The zero-order valence-electron chi connectivity index (χ0n) is 9.52. The number of anilines is 1.